The highest BCUT2D eigenvalue weighted by Gasteiger charge is 2.15. The summed E-state index contributed by atoms with van der Waals surface area (Å²) < 4.78 is 5.33. The van der Waals surface area contributed by atoms with Crippen molar-refractivity contribution in [3.63, 3.8) is 0 Å². The van der Waals surface area contributed by atoms with Crippen LogP contribution >= 0.6 is 35.2 Å². The molecule has 1 saturated heterocycles. The molecule has 7 nitrogen and oxygen atoms in total. The Morgan fingerprint density at radius 3 is 2.73 bits per heavy atom. The fourth-order valence-corrected chi connectivity index (χ4v) is 3.48. The number of amides is 1. The number of rotatable bonds is 4. The Bertz CT molecular complexity index is 762. The first-order valence-electron chi connectivity index (χ1n) is 7.98. The largest absolute Gasteiger partial charge is 0.378 e. The zero-order chi connectivity index (χ0) is 18.4. The van der Waals surface area contributed by atoms with Gasteiger partial charge in [-0.2, -0.15) is 0 Å². The average Bonchev–Trinajstić information content (AvgIpc) is 3.11. The lowest BCUT2D eigenvalue weighted by molar-refractivity contribution is -0.121. The van der Waals surface area contributed by atoms with Gasteiger partial charge < -0.3 is 15.0 Å². The normalized spacial score (nSPS) is 14.0. The summed E-state index contributed by atoms with van der Waals surface area (Å²) in [5.41, 5.74) is 6.74. The first-order chi connectivity index (χ1) is 12.6. The number of thiocarbonyl (C=S) groups is 1. The van der Waals surface area contributed by atoms with Gasteiger partial charge in [-0.3, -0.25) is 15.6 Å². The molecule has 1 aromatic carbocycles. The van der Waals surface area contributed by atoms with Crippen LogP contribution in [-0.2, 0) is 16.0 Å². The molecule has 2 heterocycles. The quantitative estimate of drug-likeness (QED) is 0.525. The number of hydrazine groups is 1. The van der Waals surface area contributed by atoms with Crippen LogP contribution in [0.3, 0.4) is 0 Å². The van der Waals surface area contributed by atoms with E-state index in [0.29, 0.717) is 18.2 Å². The van der Waals surface area contributed by atoms with E-state index < -0.39 is 0 Å². The second-order valence-corrected chi connectivity index (χ2v) is 7.21. The van der Waals surface area contributed by atoms with Gasteiger partial charge in [0.15, 0.2) is 10.2 Å². The van der Waals surface area contributed by atoms with Gasteiger partial charge in [0.05, 0.1) is 25.3 Å². The second kappa shape index (κ2) is 9.13. The molecule has 0 spiro atoms. The number of benzene rings is 1. The third-order valence-corrected chi connectivity index (χ3v) is 4.99. The Balaban J connectivity index is 1.43. The van der Waals surface area contributed by atoms with Crippen molar-refractivity contribution in [2.24, 2.45) is 0 Å². The smallest absolute Gasteiger partial charge is 0.244 e. The van der Waals surface area contributed by atoms with Crippen LogP contribution in [0.15, 0.2) is 29.6 Å². The summed E-state index contributed by atoms with van der Waals surface area (Å²) in [5, 5.41) is 6.69. The van der Waals surface area contributed by atoms with Crippen LogP contribution in [-0.4, -0.2) is 42.3 Å². The molecule has 26 heavy (non-hydrogen) atoms. The van der Waals surface area contributed by atoms with Gasteiger partial charge in [-0.15, -0.1) is 11.3 Å². The van der Waals surface area contributed by atoms with Crippen molar-refractivity contribution in [3.05, 3.63) is 40.4 Å². The summed E-state index contributed by atoms with van der Waals surface area (Å²) in [6.07, 6.45) is 0.178. The van der Waals surface area contributed by atoms with Crippen LogP contribution in [0.5, 0.6) is 0 Å². The number of hydrogen-bond acceptors (Lipinski definition) is 6. The molecule has 3 N–H and O–H groups in total. The Kier molecular flexibility index (Phi) is 6.62. The number of thiazole rings is 1. The van der Waals surface area contributed by atoms with E-state index in [-0.39, 0.29) is 17.4 Å². The summed E-state index contributed by atoms with van der Waals surface area (Å²) in [7, 11) is 0. The minimum atomic E-state index is -0.218. The molecule has 0 bridgehead atoms. The molecule has 2 aromatic rings. The number of nitrogens with one attached hydrogen (secondary N) is 3. The lowest BCUT2D eigenvalue weighted by Crippen LogP contribution is -2.44. The highest BCUT2D eigenvalue weighted by molar-refractivity contribution is 7.80. The van der Waals surface area contributed by atoms with Crippen molar-refractivity contribution < 1.29 is 9.53 Å². The molecular formula is C16H18ClN5O2S2. The van der Waals surface area contributed by atoms with E-state index in [1.807, 2.05) is 5.38 Å². The van der Waals surface area contributed by atoms with Crippen molar-refractivity contribution in [3.8, 4) is 0 Å². The van der Waals surface area contributed by atoms with Gasteiger partial charge in [-0.05, 0) is 36.5 Å². The summed E-state index contributed by atoms with van der Waals surface area (Å²) >= 11 is 12.5. The molecule has 0 unspecified atom stereocenters. The van der Waals surface area contributed by atoms with E-state index in [0.717, 1.165) is 29.6 Å². The summed E-state index contributed by atoms with van der Waals surface area (Å²) in [6, 6.07) is 7.08. The molecule has 0 radical (unpaired) electrons. The minimum Gasteiger partial charge on any atom is -0.378 e. The van der Waals surface area contributed by atoms with Gasteiger partial charge >= 0.3 is 0 Å². The Morgan fingerprint density at radius 2 is 2.00 bits per heavy atom. The van der Waals surface area contributed by atoms with E-state index in [2.05, 4.69) is 26.1 Å². The fourth-order valence-electron chi connectivity index (χ4n) is 2.31. The predicted octanol–water partition coefficient (Wildman–Crippen LogP) is 2.19. The van der Waals surface area contributed by atoms with Crippen molar-refractivity contribution in [2.75, 3.05) is 36.5 Å². The monoisotopic (exact) mass is 411 g/mol. The van der Waals surface area contributed by atoms with Gasteiger partial charge in [0.2, 0.25) is 5.91 Å². The molecular weight excluding hydrogens is 394 g/mol. The molecule has 138 valence electrons. The number of anilines is 2. The second-order valence-electron chi connectivity index (χ2n) is 5.53. The first kappa shape index (κ1) is 18.8. The molecule has 3 rings (SSSR count). The number of morpholine rings is 1. The van der Waals surface area contributed by atoms with Gasteiger partial charge in [-0.1, -0.05) is 11.6 Å². The van der Waals surface area contributed by atoms with Crippen molar-refractivity contribution in [2.45, 2.75) is 6.42 Å². The van der Waals surface area contributed by atoms with Crippen molar-refractivity contribution in [1.29, 1.82) is 0 Å². The summed E-state index contributed by atoms with van der Waals surface area (Å²) in [6.45, 7) is 3.06. The maximum atomic E-state index is 12.1. The van der Waals surface area contributed by atoms with Crippen LogP contribution in [0.4, 0.5) is 10.8 Å². The van der Waals surface area contributed by atoms with Crippen LogP contribution in [0.1, 0.15) is 5.69 Å². The standard InChI is InChI=1S/C16H18ClN5O2S2/c17-11-1-3-12(4-2-11)18-15(25)21-20-14(23)9-13-10-26-16(19-13)22-5-7-24-8-6-22/h1-4,10H,5-9H2,(H,20,23)(H2,18,21,25). The van der Waals surface area contributed by atoms with Crippen LogP contribution in [0.25, 0.3) is 0 Å². The zero-order valence-corrected chi connectivity index (χ0v) is 16.2. The lowest BCUT2D eigenvalue weighted by Gasteiger charge is -2.26. The number of nitrogens with zero attached hydrogens (tertiary/aromatic N) is 2. The van der Waals surface area contributed by atoms with E-state index >= 15 is 0 Å². The molecule has 10 heteroatoms. The van der Waals surface area contributed by atoms with Gasteiger partial charge in [0.1, 0.15) is 0 Å². The van der Waals surface area contributed by atoms with Gasteiger partial charge in [0, 0.05) is 29.2 Å². The third kappa shape index (κ3) is 5.53. The maximum Gasteiger partial charge on any atom is 0.244 e. The summed E-state index contributed by atoms with van der Waals surface area (Å²) in [4.78, 5) is 18.7. The molecule has 1 amide bonds. The van der Waals surface area contributed by atoms with E-state index in [9.17, 15) is 4.79 Å². The molecule has 1 aliphatic rings. The lowest BCUT2D eigenvalue weighted by atomic mass is 10.3. The molecule has 0 saturated carbocycles. The van der Waals surface area contributed by atoms with E-state index in [1.165, 1.54) is 11.3 Å². The topological polar surface area (TPSA) is 78.5 Å². The molecule has 1 aromatic heterocycles. The predicted molar refractivity (Wildman–Crippen MR) is 108 cm³/mol. The van der Waals surface area contributed by atoms with Crippen LogP contribution < -0.4 is 21.1 Å². The Hall–Kier alpha value is -1.94. The number of aromatic nitrogens is 1. The first-order valence-corrected chi connectivity index (χ1v) is 9.65. The highest BCUT2D eigenvalue weighted by atomic mass is 35.5. The molecule has 0 atom stereocenters. The maximum absolute atomic E-state index is 12.1. The number of ether oxygens (including phenoxy) is 1. The zero-order valence-electron chi connectivity index (χ0n) is 13.8. The van der Waals surface area contributed by atoms with Gasteiger partial charge in [0.25, 0.3) is 0 Å². The fraction of sp³-hybridized carbons (Fsp3) is 0.312. The van der Waals surface area contributed by atoms with Crippen LogP contribution in [0.2, 0.25) is 5.02 Å². The Labute approximate surface area is 165 Å². The van der Waals surface area contributed by atoms with Gasteiger partial charge in [-0.25, -0.2) is 4.98 Å². The number of halogens is 1. The highest BCUT2D eigenvalue weighted by Crippen LogP contribution is 2.21. The SMILES string of the molecule is O=C(Cc1csc(N2CCOCC2)n1)NNC(=S)Nc1ccc(Cl)cc1. The van der Waals surface area contributed by atoms with E-state index in [4.69, 9.17) is 28.6 Å². The number of carbonyl (C=O) groups is 1. The molecule has 0 aliphatic carbocycles. The average molecular weight is 412 g/mol. The molecule has 1 fully saturated rings. The third-order valence-electron chi connectivity index (χ3n) is 3.58. The van der Waals surface area contributed by atoms with Crippen molar-refractivity contribution in [1.82, 2.24) is 15.8 Å². The number of carbonyl (C=O) groups excluding carboxylic acids is 1. The Morgan fingerprint density at radius 1 is 1.27 bits per heavy atom. The molecule has 1 aliphatic heterocycles. The van der Waals surface area contributed by atoms with Crippen molar-refractivity contribution >= 4 is 57.0 Å². The summed E-state index contributed by atoms with van der Waals surface area (Å²) in [5.74, 6) is -0.218. The minimum absolute atomic E-state index is 0.178. The number of hydrogen-bond donors (Lipinski definition) is 3. The van der Waals surface area contributed by atoms with Crippen LogP contribution in [0, 0.1) is 0 Å². The van der Waals surface area contributed by atoms with E-state index in [1.54, 1.807) is 24.3 Å².